The van der Waals surface area contributed by atoms with Crippen LogP contribution in [-0.2, 0) is 4.74 Å². The second kappa shape index (κ2) is 5.65. The molecular weight excluding hydrogens is 200 g/mol. The van der Waals surface area contributed by atoms with Gasteiger partial charge in [0.25, 0.3) is 0 Å². The van der Waals surface area contributed by atoms with Crippen molar-refractivity contribution in [3.05, 3.63) is 0 Å². The van der Waals surface area contributed by atoms with Gasteiger partial charge in [0.15, 0.2) is 0 Å². The second-order valence-electron chi connectivity index (χ2n) is 5.24. The lowest BCUT2D eigenvalue weighted by Gasteiger charge is -2.37. The van der Waals surface area contributed by atoms with Gasteiger partial charge in [-0.2, -0.15) is 5.26 Å². The van der Waals surface area contributed by atoms with Gasteiger partial charge in [0, 0.05) is 13.1 Å². The highest BCUT2D eigenvalue weighted by atomic mass is 16.5. The number of nitriles is 1. The van der Waals surface area contributed by atoms with E-state index in [-0.39, 0.29) is 6.04 Å². The molecule has 0 aromatic heterocycles. The molecule has 0 aromatic carbocycles. The minimum atomic E-state index is 0.136. The average Bonchev–Trinajstić information content (AvgIpc) is 2.34. The van der Waals surface area contributed by atoms with Crippen LogP contribution in [0.4, 0.5) is 0 Å². The van der Waals surface area contributed by atoms with Gasteiger partial charge in [0.05, 0.1) is 19.3 Å². The first-order valence-corrected chi connectivity index (χ1v) is 6.52. The lowest BCUT2D eigenvalue weighted by molar-refractivity contribution is 0.0106. The summed E-state index contributed by atoms with van der Waals surface area (Å²) in [5.74, 6) is 1.46. The lowest BCUT2D eigenvalue weighted by atomic mass is 9.79. The minimum absolute atomic E-state index is 0.136. The van der Waals surface area contributed by atoms with E-state index in [1.54, 1.807) is 0 Å². The smallest absolute Gasteiger partial charge is 0.101 e. The maximum absolute atomic E-state index is 9.36. The molecule has 0 bridgehead atoms. The van der Waals surface area contributed by atoms with Crippen LogP contribution in [-0.4, -0.2) is 37.2 Å². The Hall–Kier alpha value is -0.590. The maximum atomic E-state index is 9.36. The Balaban J connectivity index is 1.91. The normalized spacial score (nSPS) is 34.2. The van der Waals surface area contributed by atoms with Crippen LogP contribution in [0.1, 0.15) is 32.6 Å². The molecule has 2 rings (SSSR count). The predicted molar refractivity (Wildman–Crippen MR) is 62.9 cm³/mol. The summed E-state index contributed by atoms with van der Waals surface area (Å²) in [6.45, 7) is 5.78. The first-order chi connectivity index (χ1) is 7.81. The van der Waals surface area contributed by atoms with Crippen molar-refractivity contribution in [2.45, 2.75) is 38.6 Å². The molecule has 3 heteroatoms. The first-order valence-electron chi connectivity index (χ1n) is 6.52. The van der Waals surface area contributed by atoms with E-state index < -0.39 is 0 Å². The Morgan fingerprint density at radius 2 is 1.81 bits per heavy atom. The summed E-state index contributed by atoms with van der Waals surface area (Å²) in [5, 5.41) is 9.36. The molecule has 0 radical (unpaired) electrons. The van der Waals surface area contributed by atoms with Gasteiger partial charge in [-0.1, -0.05) is 19.8 Å². The van der Waals surface area contributed by atoms with Crippen molar-refractivity contribution in [1.82, 2.24) is 4.90 Å². The fourth-order valence-electron chi connectivity index (χ4n) is 2.94. The number of hydrogen-bond acceptors (Lipinski definition) is 3. The van der Waals surface area contributed by atoms with Crippen LogP contribution in [0.3, 0.4) is 0 Å². The van der Waals surface area contributed by atoms with E-state index >= 15 is 0 Å². The molecule has 1 aliphatic carbocycles. The number of morpholine rings is 1. The molecule has 0 aromatic rings. The quantitative estimate of drug-likeness (QED) is 0.717. The van der Waals surface area contributed by atoms with Gasteiger partial charge in [0.1, 0.15) is 6.04 Å². The highest BCUT2D eigenvalue weighted by Gasteiger charge is 2.31. The molecule has 16 heavy (non-hydrogen) atoms. The third-order valence-electron chi connectivity index (χ3n) is 4.08. The Morgan fingerprint density at radius 3 is 2.38 bits per heavy atom. The van der Waals surface area contributed by atoms with Crippen molar-refractivity contribution in [2.75, 3.05) is 26.3 Å². The average molecular weight is 222 g/mol. The maximum Gasteiger partial charge on any atom is 0.101 e. The summed E-state index contributed by atoms with van der Waals surface area (Å²) < 4.78 is 5.35. The summed E-state index contributed by atoms with van der Waals surface area (Å²) in [5.41, 5.74) is 0. The molecule has 3 nitrogen and oxygen atoms in total. The Bertz CT molecular complexity index is 247. The van der Waals surface area contributed by atoms with Gasteiger partial charge in [-0.15, -0.1) is 0 Å². The van der Waals surface area contributed by atoms with E-state index in [2.05, 4.69) is 17.9 Å². The highest BCUT2D eigenvalue weighted by Crippen LogP contribution is 2.32. The van der Waals surface area contributed by atoms with Gasteiger partial charge < -0.3 is 4.74 Å². The zero-order valence-corrected chi connectivity index (χ0v) is 10.2. The van der Waals surface area contributed by atoms with E-state index in [0.29, 0.717) is 5.92 Å². The molecule has 90 valence electrons. The molecule has 0 spiro atoms. The second-order valence-corrected chi connectivity index (χ2v) is 5.24. The summed E-state index contributed by atoms with van der Waals surface area (Å²) in [7, 11) is 0. The molecule has 1 saturated carbocycles. The van der Waals surface area contributed by atoms with E-state index in [1.165, 1.54) is 25.7 Å². The molecule has 1 saturated heterocycles. The fraction of sp³-hybridized carbons (Fsp3) is 0.923. The summed E-state index contributed by atoms with van der Waals surface area (Å²) in [6.07, 6.45) is 5.06. The van der Waals surface area contributed by atoms with Gasteiger partial charge in [-0.3, -0.25) is 4.90 Å². The van der Waals surface area contributed by atoms with E-state index in [9.17, 15) is 5.26 Å². The fourth-order valence-corrected chi connectivity index (χ4v) is 2.94. The van der Waals surface area contributed by atoms with Gasteiger partial charge in [-0.05, 0) is 24.7 Å². The van der Waals surface area contributed by atoms with Crippen molar-refractivity contribution in [3.8, 4) is 6.07 Å². The zero-order chi connectivity index (χ0) is 11.4. The number of hydrogen-bond donors (Lipinski definition) is 0. The lowest BCUT2D eigenvalue weighted by Crippen LogP contribution is -2.47. The summed E-state index contributed by atoms with van der Waals surface area (Å²) >= 11 is 0. The SMILES string of the molecule is CC1CCC(C(C#N)N2CCOCC2)CC1. The Morgan fingerprint density at radius 1 is 1.19 bits per heavy atom. The molecule has 1 aliphatic heterocycles. The molecule has 1 unspecified atom stereocenters. The molecule has 1 heterocycles. The summed E-state index contributed by atoms with van der Waals surface area (Å²) in [4.78, 5) is 2.32. The monoisotopic (exact) mass is 222 g/mol. The first kappa shape index (κ1) is 11.9. The topological polar surface area (TPSA) is 36.3 Å². The number of nitrogens with zero attached hydrogens (tertiary/aromatic N) is 2. The highest BCUT2D eigenvalue weighted by molar-refractivity contribution is 4.98. The van der Waals surface area contributed by atoms with Crippen LogP contribution < -0.4 is 0 Å². The number of rotatable bonds is 2. The standard InChI is InChI=1S/C13H22N2O/c1-11-2-4-12(5-3-11)13(10-14)15-6-8-16-9-7-15/h11-13H,2-9H2,1H3. The van der Waals surface area contributed by atoms with Crippen LogP contribution in [0.25, 0.3) is 0 Å². The van der Waals surface area contributed by atoms with Crippen molar-refractivity contribution in [3.63, 3.8) is 0 Å². The molecule has 2 aliphatic rings. The Labute approximate surface area is 98.4 Å². The minimum Gasteiger partial charge on any atom is -0.379 e. The Kier molecular flexibility index (Phi) is 4.20. The molecule has 2 fully saturated rings. The van der Waals surface area contributed by atoms with Crippen molar-refractivity contribution in [1.29, 1.82) is 5.26 Å². The molecular formula is C13H22N2O. The van der Waals surface area contributed by atoms with Crippen LogP contribution >= 0.6 is 0 Å². The van der Waals surface area contributed by atoms with Gasteiger partial charge in [0.2, 0.25) is 0 Å². The third kappa shape index (κ3) is 2.75. The van der Waals surface area contributed by atoms with Gasteiger partial charge in [-0.25, -0.2) is 0 Å². The summed E-state index contributed by atoms with van der Waals surface area (Å²) in [6, 6.07) is 2.66. The number of ether oxygens (including phenoxy) is 1. The van der Waals surface area contributed by atoms with Crippen LogP contribution in [0.15, 0.2) is 0 Å². The van der Waals surface area contributed by atoms with Crippen LogP contribution in [0.5, 0.6) is 0 Å². The molecule has 0 amide bonds. The van der Waals surface area contributed by atoms with E-state index in [1.807, 2.05) is 0 Å². The van der Waals surface area contributed by atoms with Crippen LogP contribution in [0.2, 0.25) is 0 Å². The largest absolute Gasteiger partial charge is 0.379 e. The molecule has 0 N–H and O–H groups in total. The van der Waals surface area contributed by atoms with Crippen molar-refractivity contribution >= 4 is 0 Å². The third-order valence-corrected chi connectivity index (χ3v) is 4.08. The van der Waals surface area contributed by atoms with E-state index in [4.69, 9.17) is 4.74 Å². The van der Waals surface area contributed by atoms with Crippen molar-refractivity contribution in [2.24, 2.45) is 11.8 Å². The van der Waals surface area contributed by atoms with Crippen molar-refractivity contribution < 1.29 is 4.74 Å². The van der Waals surface area contributed by atoms with Gasteiger partial charge >= 0.3 is 0 Å². The van der Waals surface area contributed by atoms with E-state index in [0.717, 1.165) is 32.2 Å². The van der Waals surface area contributed by atoms with Crippen LogP contribution in [0, 0.1) is 23.2 Å². The predicted octanol–water partition coefficient (Wildman–Crippen LogP) is 2.04. The zero-order valence-electron chi connectivity index (χ0n) is 10.2. The molecule has 1 atom stereocenters.